The quantitative estimate of drug-likeness (QED) is 0.799. The van der Waals surface area contributed by atoms with Crippen LogP contribution in [0.5, 0.6) is 11.5 Å². The molecule has 0 spiro atoms. The highest BCUT2D eigenvalue weighted by atomic mass is 16.5. The lowest BCUT2D eigenvalue weighted by Gasteiger charge is -2.36. The number of morpholine rings is 1. The molecule has 3 atom stereocenters. The Hall–Kier alpha value is -1.79. The van der Waals surface area contributed by atoms with Crippen LogP contribution in [-0.4, -0.2) is 60.4 Å². The molecule has 0 aromatic heterocycles. The van der Waals surface area contributed by atoms with E-state index in [0.717, 1.165) is 26.1 Å². The smallest absolute Gasteiger partial charge is 0.251 e. The number of nitrogens with zero attached hydrogens (tertiary/aromatic N) is 1. The standard InChI is InChI=1S/C21H32N2O4/c1-13(2)11-26-19-6-15(5-18(24)8-19)21(25)22-16-7-17-12-27-20(14(3)4)10-23(17)9-16/h5-6,8,13-14,16-17,20,24H,7,9-12H2,1-4H3,(H,22,25)/t16-,17+,20-/m1/s1. The van der Waals surface area contributed by atoms with Crippen LogP contribution in [0.4, 0.5) is 0 Å². The van der Waals surface area contributed by atoms with Crippen molar-refractivity contribution in [3.05, 3.63) is 23.8 Å². The Bertz CT molecular complexity index is 662. The molecule has 1 amide bonds. The number of aromatic hydroxyl groups is 1. The van der Waals surface area contributed by atoms with Crippen molar-refractivity contribution in [2.75, 3.05) is 26.3 Å². The summed E-state index contributed by atoms with van der Waals surface area (Å²) in [5, 5.41) is 13.0. The molecular weight excluding hydrogens is 344 g/mol. The van der Waals surface area contributed by atoms with Crippen molar-refractivity contribution >= 4 is 5.91 Å². The highest BCUT2D eigenvalue weighted by Crippen LogP contribution is 2.27. The van der Waals surface area contributed by atoms with Gasteiger partial charge in [-0.25, -0.2) is 0 Å². The van der Waals surface area contributed by atoms with Crippen molar-refractivity contribution in [3.8, 4) is 11.5 Å². The molecule has 6 heteroatoms. The summed E-state index contributed by atoms with van der Waals surface area (Å²) in [4.78, 5) is 15.1. The van der Waals surface area contributed by atoms with Gasteiger partial charge in [-0.1, -0.05) is 27.7 Å². The Morgan fingerprint density at radius 2 is 2.07 bits per heavy atom. The van der Waals surface area contributed by atoms with Gasteiger partial charge in [-0.3, -0.25) is 9.69 Å². The number of fused-ring (bicyclic) bond motifs is 1. The van der Waals surface area contributed by atoms with E-state index in [1.54, 1.807) is 12.1 Å². The van der Waals surface area contributed by atoms with E-state index in [0.29, 0.717) is 35.8 Å². The molecule has 0 unspecified atom stereocenters. The van der Waals surface area contributed by atoms with Crippen molar-refractivity contribution in [2.24, 2.45) is 11.8 Å². The molecule has 1 aromatic carbocycles. The predicted molar refractivity (Wildman–Crippen MR) is 104 cm³/mol. The van der Waals surface area contributed by atoms with Crippen LogP contribution in [0.2, 0.25) is 0 Å². The van der Waals surface area contributed by atoms with E-state index in [2.05, 4.69) is 37.9 Å². The first-order chi connectivity index (χ1) is 12.8. The number of hydrogen-bond acceptors (Lipinski definition) is 5. The molecule has 2 aliphatic heterocycles. The minimum absolute atomic E-state index is 0.0402. The fraction of sp³-hybridized carbons (Fsp3) is 0.667. The lowest BCUT2D eigenvalue weighted by Crippen LogP contribution is -2.48. The Morgan fingerprint density at radius 3 is 2.78 bits per heavy atom. The van der Waals surface area contributed by atoms with Crippen LogP contribution in [0.1, 0.15) is 44.5 Å². The van der Waals surface area contributed by atoms with Gasteiger partial charge in [-0.2, -0.15) is 0 Å². The van der Waals surface area contributed by atoms with Gasteiger partial charge in [0.25, 0.3) is 5.91 Å². The van der Waals surface area contributed by atoms with Gasteiger partial charge >= 0.3 is 0 Å². The molecule has 2 saturated heterocycles. The van der Waals surface area contributed by atoms with E-state index in [-0.39, 0.29) is 23.8 Å². The Kier molecular flexibility index (Phi) is 6.27. The highest BCUT2D eigenvalue weighted by Gasteiger charge is 2.38. The second kappa shape index (κ2) is 8.48. The molecule has 1 aromatic rings. The first-order valence-corrected chi connectivity index (χ1v) is 9.95. The normalized spacial score (nSPS) is 25.6. The molecule has 0 bridgehead atoms. The number of nitrogens with one attached hydrogen (secondary N) is 1. The summed E-state index contributed by atoms with van der Waals surface area (Å²) in [6.45, 7) is 11.5. The van der Waals surface area contributed by atoms with Crippen molar-refractivity contribution < 1.29 is 19.4 Å². The number of rotatable bonds is 6. The maximum absolute atomic E-state index is 12.7. The molecular formula is C21H32N2O4. The first kappa shape index (κ1) is 20.0. The third-order valence-corrected chi connectivity index (χ3v) is 5.26. The maximum Gasteiger partial charge on any atom is 0.251 e. The van der Waals surface area contributed by atoms with E-state index in [4.69, 9.17) is 9.47 Å². The minimum Gasteiger partial charge on any atom is -0.508 e. The molecule has 6 nitrogen and oxygen atoms in total. The van der Waals surface area contributed by atoms with Gasteiger partial charge in [-0.15, -0.1) is 0 Å². The highest BCUT2D eigenvalue weighted by molar-refractivity contribution is 5.95. The average Bonchev–Trinajstić information content (AvgIpc) is 3.00. The molecule has 0 saturated carbocycles. The summed E-state index contributed by atoms with van der Waals surface area (Å²) in [5.74, 6) is 1.25. The number of carbonyl (C=O) groups excluding carboxylic acids is 1. The number of phenols is 1. The maximum atomic E-state index is 12.7. The van der Waals surface area contributed by atoms with Crippen LogP contribution in [0.25, 0.3) is 0 Å². The molecule has 2 fully saturated rings. The Labute approximate surface area is 161 Å². The summed E-state index contributed by atoms with van der Waals surface area (Å²) in [6, 6.07) is 5.19. The number of ether oxygens (including phenoxy) is 2. The van der Waals surface area contributed by atoms with Gasteiger partial charge in [0.1, 0.15) is 11.5 Å². The van der Waals surface area contributed by atoms with Crippen molar-refractivity contribution in [1.29, 1.82) is 0 Å². The Balaban J connectivity index is 1.59. The fourth-order valence-electron chi connectivity index (χ4n) is 3.74. The van der Waals surface area contributed by atoms with Crippen LogP contribution in [0, 0.1) is 11.8 Å². The Morgan fingerprint density at radius 1 is 1.30 bits per heavy atom. The van der Waals surface area contributed by atoms with Crippen LogP contribution in [-0.2, 0) is 4.74 Å². The summed E-state index contributed by atoms with van der Waals surface area (Å²) in [5.41, 5.74) is 0.426. The molecule has 2 heterocycles. The number of phenolic OH excluding ortho intramolecular Hbond substituents is 1. The van der Waals surface area contributed by atoms with Crippen molar-refractivity contribution in [1.82, 2.24) is 10.2 Å². The zero-order valence-corrected chi connectivity index (χ0v) is 16.8. The zero-order valence-electron chi connectivity index (χ0n) is 16.8. The molecule has 2 N–H and O–H groups in total. The fourth-order valence-corrected chi connectivity index (χ4v) is 3.74. The zero-order chi connectivity index (χ0) is 19.6. The third kappa shape index (κ3) is 5.14. The summed E-state index contributed by atoms with van der Waals surface area (Å²) in [7, 11) is 0. The number of amides is 1. The molecule has 2 aliphatic rings. The van der Waals surface area contributed by atoms with E-state index in [1.807, 2.05) is 0 Å². The predicted octanol–water partition coefficient (Wildman–Crippen LogP) is 2.65. The minimum atomic E-state index is -0.175. The first-order valence-electron chi connectivity index (χ1n) is 9.95. The summed E-state index contributed by atoms with van der Waals surface area (Å²) < 4.78 is 11.6. The van der Waals surface area contributed by atoms with Gasteiger partial charge < -0.3 is 19.9 Å². The molecule has 0 aliphatic carbocycles. The number of carbonyl (C=O) groups is 1. The largest absolute Gasteiger partial charge is 0.508 e. The molecule has 0 radical (unpaired) electrons. The van der Waals surface area contributed by atoms with E-state index in [1.165, 1.54) is 6.07 Å². The van der Waals surface area contributed by atoms with Gasteiger partial charge in [0.05, 0.1) is 19.3 Å². The van der Waals surface area contributed by atoms with Crippen LogP contribution >= 0.6 is 0 Å². The number of benzene rings is 1. The summed E-state index contributed by atoms with van der Waals surface area (Å²) in [6.07, 6.45) is 1.16. The van der Waals surface area contributed by atoms with Crippen LogP contribution in [0.15, 0.2) is 18.2 Å². The van der Waals surface area contributed by atoms with Crippen molar-refractivity contribution in [3.63, 3.8) is 0 Å². The van der Waals surface area contributed by atoms with Gasteiger partial charge in [-0.05, 0) is 30.4 Å². The molecule has 150 valence electrons. The average molecular weight is 376 g/mol. The lowest BCUT2D eigenvalue weighted by atomic mass is 10.0. The lowest BCUT2D eigenvalue weighted by molar-refractivity contribution is -0.0683. The van der Waals surface area contributed by atoms with Crippen molar-refractivity contribution in [2.45, 2.75) is 52.3 Å². The van der Waals surface area contributed by atoms with Crippen LogP contribution in [0.3, 0.4) is 0 Å². The van der Waals surface area contributed by atoms with Crippen LogP contribution < -0.4 is 10.1 Å². The monoisotopic (exact) mass is 376 g/mol. The second-order valence-electron chi connectivity index (χ2n) is 8.55. The summed E-state index contributed by atoms with van der Waals surface area (Å²) >= 11 is 0. The van der Waals surface area contributed by atoms with E-state index >= 15 is 0 Å². The van der Waals surface area contributed by atoms with E-state index in [9.17, 15) is 9.90 Å². The van der Waals surface area contributed by atoms with Gasteiger partial charge in [0.15, 0.2) is 0 Å². The topological polar surface area (TPSA) is 71.0 Å². The molecule has 27 heavy (non-hydrogen) atoms. The van der Waals surface area contributed by atoms with Gasteiger partial charge in [0.2, 0.25) is 0 Å². The second-order valence-corrected chi connectivity index (χ2v) is 8.55. The SMILES string of the molecule is CC(C)COc1cc(O)cc(C(=O)N[C@@H]2C[C@H]3CO[C@@H](C(C)C)CN3C2)c1. The number of hydrogen-bond donors (Lipinski definition) is 2. The third-order valence-electron chi connectivity index (χ3n) is 5.26. The van der Waals surface area contributed by atoms with E-state index < -0.39 is 0 Å². The molecule has 3 rings (SSSR count). The van der Waals surface area contributed by atoms with Gasteiger partial charge in [0, 0.05) is 36.8 Å².